The molecule has 33 heavy (non-hydrogen) atoms. The lowest BCUT2D eigenvalue weighted by Crippen LogP contribution is -2.49. The lowest BCUT2D eigenvalue weighted by atomic mass is 10.2. The zero-order valence-electron chi connectivity index (χ0n) is 17.9. The minimum Gasteiger partial charge on any atom is -0.340 e. The van der Waals surface area contributed by atoms with E-state index in [1.165, 1.54) is 11.8 Å². The number of carbonyl (C=O) groups is 2. The number of hydrogen-bond acceptors (Lipinski definition) is 6. The first-order chi connectivity index (χ1) is 16.0. The predicted molar refractivity (Wildman–Crippen MR) is 134 cm³/mol. The topological polar surface area (TPSA) is 65.5 Å². The molecule has 1 N–H and O–H groups in total. The first-order valence-corrected chi connectivity index (χ1v) is 13.0. The lowest BCUT2D eigenvalue weighted by molar-refractivity contribution is -0.134. The highest BCUT2D eigenvalue weighted by Crippen LogP contribution is 2.38. The fourth-order valence-electron chi connectivity index (χ4n) is 4.02. The van der Waals surface area contributed by atoms with Crippen LogP contribution in [0.2, 0.25) is 5.02 Å². The molecule has 0 saturated carbocycles. The fourth-order valence-corrected chi connectivity index (χ4v) is 6.09. The van der Waals surface area contributed by atoms with E-state index in [-0.39, 0.29) is 18.2 Å². The van der Waals surface area contributed by atoms with Crippen molar-refractivity contribution in [1.29, 1.82) is 0 Å². The first-order valence-electron chi connectivity index (χ1n) is 10.8. The Balaban J connectivity index is 1.12. The van der Waals surface area contributed by atoms with Gasteiger partial charge in [0, 0.05) is 60.0 Å². The van der Waals surface area contributed by atoms with Gasteiger partial charge in [-0.2, -0.15) is 0 Å². The Labute approximate surface area is 205 Å². The second-order valence-electron chi connectivity index (χ2n) is 8.11. The number of hydrogen-bond donors (Lipinski definition) is 1. The average molecular weight is 499 g/mol. The Morgan fingerprint density at radius 2 is 1.91 bits per heavy atom. The molecule has 6 nitrogen and oxygen atoms in total. The zero-order chi connectivity index (χ0) is 22.8. The van der Waals surface area contributed by atoms with Crippen LogP contribution in [0.15, 0.2) is 58.8 Å². The van der Waals surface area contributed by atoms with Crippen LogP contribution >= 0.6 is 34.7 Å². The monoisotopic (exact) mass is 498 g/mol. The molecule has 1 aromatic heterocycles. The van der Waals surface area contributed by atoms with Crippen molar-refractivity contribution in [2.45, 2.75) is 23.1 Å². The maximum absolute atomic E-state index is 12.9. The normalized spacial score (nSPS) is 18.6. The summed E-state index contributed by atoms with van der Waals surface area (Å²) in [6, 6.07) is 15.6. The first kappa shape index (κ1) is 22.4. The summed E-state index contributed by atoms with van der Waals surface area (Å²) >= 11 is 9.11. The Morgan fingerprint density at radius 1 is 1.12 bits per heavy atom. The van der Waals surface area contributed by atoms with Crippen LogP contribution in [0.4, 0.5) is 5.69 Å². The summed E-state index contributed by atoms with van der Waals surface area (Å²) in [5.41, 5.74) is 2.92. The van der Waals surface area contributed by atoms with E-state index in [1.807, 2.05) is 29.2 Å². The molecule has 3 aromatic rings. The van der Waals surface area contributed by atoms with Crippen molar-refractivity contribution < 1.29 is 9.59 Å². The molecule has 1 fully saturated rings. The number of carbonyl (C=O) groups excluding carboxylic acids is 2. The van der Waals surface area contributed by atoms with Crippen LogP contribution in [0.3, 0.4) is 0 Å². The summed E-state index contributed by atoms with van der Waals surface area (Å²) in [5, 5.41) is 6.19. The standard InChI is InChI=1S/C24H23ClN4O2S2/c25-17-6-7-20-19(12-17)27-23(31)21(33-20)13-22(30)29-10-8-28(9-11-29)14-18-15-32-24(26-18)16-4-2-1-3-5-16/h1-7,12,15,21H,8-11,13-14H2,(H,27,31). The van der Waals surface area contributed by atoms with Crippen molar-refractivity contribution in [3.05, 3.63) is 64.6 Å². The van der Waals surface area contributed by atoms with Crippen LogP contribution in [0.1, 0.15) is 12.1 Å². The number of piperazine rings is 1. The van der Waals surface area contributed by atoms with Gasteiger partial charge in [0.2, 0.25) is 11.8 Å². The van der Waals surface area contributed by atoms with Crippen molar-refractivity contribution in [1.82, 2.24) is 14.8 Å². The fraction of sp³-hybridized carbons (Fsp3) is 0.292. The third kappa shape index (κ3) is 5.24. The predicted octanol–water partition coefficient (Wildman–Crippen LogP) is 4.61. The maximum atomic E-state index is 12.9. The van der Waals surface area contributed by atoms with Crippen molar-refractivity contribution in [2.24, 2.45) is 0 Å². The van der Waals surface area contributed by atoms with Crippen LogP contribution in [-0.2, 0) is 16.1 Å². The molecule has 1 atom stereocenters. The van der Waals surface area contributed by atoms with Crippen molar-refractivity contribution in [3.63, 3.8) is 0 Å². The minimum absolute atomic E-state index is 0.0275. The van der Waals surface area contributed by atoms with Crippen LogP contribution in [0.25, 0.3) is 10.6 Å². The highest BCUT2D eigenvalue weighted by Gasteiger charge is 2.31. The molecular weight excluding hydrogens is 476 g/mol. The van der Waals surface area contributed by atoms with Gasteiger partial charge in [-0.25, -0.2) is 4.98 Å². The number of amides is 2. The van der Waals surface area contributed by atoms with Crippen molar-refractivity contribution in [3.8, 4) is 10.6 Å². The summed E-state index contributed by atoms with van der Waals surface area (Å²) in [6.45, 7) is 3.72. The largest absolute Gasteiger partial charge is 0.340 e. The van der Waals surface area contributed by atoms with E-state index < -0.39 is 5.25 Å². The molecule has 1 unspecified atom stereocenters. The molecule has 1 saturated heterocycles. The highest BCUT2D eigenvalue weighted by molar-refractivity contribution is 8.01. The quantitative estimate of drug-likeness (QED) is 0.556. The van der Waals surface area contributed by atoms with Gasteiger partial charge in [-0.05, 0) is 18.2 Å². The van der Waals surface area contributed by atoms with Gasteiger partial charge in [-0.1, -0.05) is 41.9 Å². The molecule has 2 aliphatic rings. The number of thioether (sulfide) groups is 1. The third-order valence-corrected chi connectivity index (χ3v) is 8.25. The van der Waals surface area contributed by atoms with Gasteiger partial charge in [0.25, 0.3) is 0 Å². The van der Waals surface area contributed by atoms with Gasteiger partial charge in [-0.3, -0.25) is 14.5 Å². The van der Waals surface area contributed by atoms with Gasteiger partial charge in [-0.15, -0.1) is 23.1 Å². The summed E-state index contributed by atoms with van der Waals surface area (Å²) in [4.78, 5) is 35.3. The number of benzene rings is 2. The molecule has 0 spiro atoms. The highest BCUT2D eigenvalue weighted by atomic mass is 35.5. The molecule has 9 heteroatoms. The summed E-state index contributed by atoms with van der Waals surface area (Å²) in [5.74, 6) is -0.112. The van der Waals surface area contributed by atoms with E-state index in [0.717, 1.165) is 40.8 Å². The van der Waals surface area contributed by atoms with E-state index in [4.69, 9.17) is 16.6 Å². The minimum atomic E-state index is -0.421. The molecule has 3 heterocycles. The van der Waals surface area contributed by atoms with Gasteiger partial charge in [0.1, 0.15) is 5.01 Å². The summed E-state index contributed by atoms with van der Waals surface area (Å²) in [6.07, 6.45) is 0.199. The van der Waals surface area contributed by atoms with Gasteiger partial charge >= 0.3 is 0 Å². The third-order valence-electron chi connectivity index (χ3n) is 5.80. The Hall–Kier alpha value is -2.39. The zero-order valence-corrected chi connectivity index (χ0v) is 20.3. The van der Waals surface area contributed by atoms with Crippen LogP contribution in [0.5, 0.6) is 0 Å². The molecule has 0 radical (unpaired) electrons. The summed E-state index contributed by atoms with van der Waals surface area (Å²) in [7, 11) is 0. The molecule has 170 valence electrons. The van der Waals surface area contributed by atoms with E-state index >= 15 is 0 Å². The van der Waals surface area contributed by atoms with Gasteiger partial charge in [0.05, 0.1) is 16.6 Å². The number of aromatic nitrogens is 1. The van der Waals surface area contributed by atoms with E-state index in [2.05, 4.69) is 27.7 Å². The van der Waals surface area contributed by atoms with Crippen molar-refractivity contribution >= 4 is 52.2 Å². The second kappa shape index (κ2) is 9.85. The number of nitrogens with zero attached hydrogens (tertiary/aromatic N) is 3. The maximum Gasteiger partial charge on any atom is 0.238 e. The van der Waals surface area contributed by atoms with E-state index in [1.54, 1.807) is 23.5 Å². The number of halogens is 1. The second-order valence-corrected chi connectivity index (χ2v) is 10.6. The molecule has 5 rings (SSSR count). The smallest absolute Gasteiger partial charge is 0.238 e. The Kier molecular flexibility index (Phi) is 6.69. The Bertz CT molecular complexity index is 1160. The molecule has 2 aliphatic heterocycles. The van der Waals surface area contributed by atoms with Crippen LogP contribution in [0, 0.1) is 0 Å². The molecule has 2 aromatic carbocycles. The number of nitrogens with one attached hydrogen (secondary N) is 1. The molecule has 2 amide bonds. The van der Waals surface area contributed by atoms with E-state index in [9.17, 15) is 9.59 Å². The van der Waals surface area contributed by atoms with Gasteiger partial charge < -0.3 is 10.2 Å². The molecular formula is C24H23ClN4O2S2. The molecule has 0 aliphatic carbocycles. The average Bonchev–Trinajstić information content (AvgIpc) is 3.29. The SMILES string of the molecule is O=C1Nc2cc(Cl)ccc2SC1CC(=O)N1CCN(Cc2csc(-c3ccccc3)n2)CC1. The Morgan fingerprint density at radius 3 is 2.70 bits per heavy atom. The number of thiazole rings is 1. The van der Waals surface area contributed by atoms with Gasteiger partial charge in [0.15, 0.2) is 0 Å². The summed E-state index contributed by atoms with van der Waals surface area (Å²) < 4.78 is 0. The number of fused-ring (bicyclic) bond motifs is 1. The lowest BCUT2D eigenvalue weighted by Gasteiger charge is -2.35. The van der Waals surface area contributed by atoms with Crippen LogP contribution < -0.4 is 5.32 Å². The van der Waals surface area contributed by atoms with Crippen molar-refractivity contribution in [2.75, 3.05) is 31.5 Å². The van der Waals surface area contributed by atoms with E-state index in [0.29, 0.717) is 23.8 Å². The molecule has 0 bridgehead atoms. The number of rotatable bonds is 5. The van der Waals surface area contributed by atoms with Crippen LogP contribution in [-0.4, -0.2) is 58.0 Å². The number of anilines is 1.